The summed E-state index contributed by atoms with van der Waals surface area (Å²) in [5.74, 6) is -0.356. The molecule has 0 aliphatic rings. The van der Waals surface area contributed by atoms with Gasteiger partial charge in [-0.05, 0) is 12.8 Å². The average molecular weight is 622 g/mol. The van der Waals surface area contributed by atoms with Crippen LogP contribution < -0.4 is 4.89 Å². The van der Waals surface area contributed by atoms with Gasteiger partial charge >= 0.3 is 5.97 Å². The zero-order valence-corrected chi connectivity index (χ0v) is 29.1. The van der Waals surface area contributed by atoms with Crippen molar-refractivity contribution in [3.05, 3.63) is 0 Å². The summed E-state index contributed by atoms with van der Waals surface area (Å²) in [6.07, 6.45) is 24.7. The minimum atomic E-state index is -4.49. The molecule has 8 nitrogen and oxygen atoms in total. The van der Waals surface area contributed by atoms with Crippen LogP contribution in [-0.4, -0.2) is 70.7 Å². The molecule has 0 heterocycles. The van der Waals surface area contributed by atoms with Gasteiger partial charge in [0.1, 0.15) is 19.3 Å². The zero-order valence-electron chi connectivity index (χ0n) is 28.2. The Morgan fingerprint density at radius 3 is 1.57 bits per heavy atom. The van der Waals surface area contributed by atoms with Crippen molar-refractivity contribution in [2.45, 2.75) is 155 Å². The van der Waals surface area contributed by atoms with E-state index in [1.165, 1.54) is 96.3 Å². The number of rotatable bonds is 32. The number of hydrogen-bond donors (Lipinski definition) is 0. The lowest BCUT2D eigenvalue weighted by Crippen LogP contribution is -2.37. The molecule has 0 amide bonds. The molecule has 0 radical (unpaired) electrons. The molecule has 0 fully saturated rings. The Labute approximate surface area is 259 Å². The average Bonchev–Trinajstić information content (AvgIpc) is 2.92. The van der Waals surface area contributed by atoms with Crippen molar-refractivity contribution >= 4 is 13.8 Å². The maximum absolute atomic E-state index is 12.2. The van der Waals surface area contributed by atoms with Crippen molar-refractivity contribution in [1.82, 2.24) is 0 Å². The molecule has 0 spiro atoms. The monoisotopic (exact) mass is 621 g/mol. The number of unbranched alkanes of at least 4 members (excludes halogenated alkanes) is 18. The van der Waals surface area contributed by atoms with Crippen LogP contribution in [0.1, 0.15) is 149 Å². The van der Waals surface area contributed by atoms with Crippen LogP contribution >= 0.6 is 7.82 Å². The summed E-state index contributed by atoms with van der Waals surface area (Å²) in [6.45, 7) is 5.25. The van der Waals surface area contributed by atoms with Gasteiger partial charge in [-0.25, -0.2) is 0 Å². The number of quaternary nitrogens is 1. The molecule has 0 aromatic rings. The molecule has 42 heavy (non-hydrogen) atoms. The Morgan fingerprint density at radius 1 is 0.643 bits per heavy atom. The van der Waals surface area contributed by atoms with E-state index in [2.05, 4.69) is 13.8 Å². The predicted octanol–water partition coefficient (Wildman–Crippen LogP) is 8.35. The van der Waals surface area contributed by atoms with Crippen molar-refractivity contribution in [3.8, 4) is 0 Å². The van der Waals surface area contributed by atoms with Crippen molar-refractivity contribution in [2.75, 3.05) is 54.1 Å². The second-order valence-electron chi connectivity index (χ2n) is 12.9. The molecule has 0 aromatic carbocycles. The van der Waals surface area contributed by atoms with E-state index in [1.54, 1.807) is 0 Å². The Hall–Kier alpha value is -0.500. The SMILES string of the molecule is CCCCCCCCCCCCCCCCCCCOCC(COP(=O)([O-])OCC[N+](C)(C)C)OC(=O)CCCCC. The molecule has 0 aliphatic carbocycles. The number of nitrogens with zero attached hydrogens (tertiary/aromatic N) is 1. The van der Waals surface area contributed by atoms with E-state index in [0.717, 1.165) is 32.1 Å². The zero-order chi connectivity index (χ0) is 31.4. The predicted molar refractivity (Wildman–Crippen MR) is 171 cm³/mol. The fraction of sp³-hybridized carbons (Fsp3) is 0.970. The minimum Gasteiger partial charge on any atom is -0.756 e. The highest BCUT2D eigenvalue weighted by Gasteiger charge is 2.20. The van der Waals surface area contributed by atoms with Crippen LogP contribution in [0.25, 0.3) is 0 Å². The molecule has 9 heteroatoms. The van der Waals surface area contributed by atoms with E-state index in [0.29, 0.717) is 24.1 Å². The number of likely N-dealkylation sites (N-methyl/N-ethyl adjacent to an activating group) is 1. The Balaban J connectivity index is 3.98. The van der Waals surface area contributed by atoms with Gasteiger partial charge in [0.2, 0.25) is 0 Å². The summed E-state index contributed by atoms with van der Waals surface area (Å²) < 4.78 is 34.0. The molecule has 2 unspecified atom stereocenters. The van der Waals surface area contributed by atoms with Gasteiger partial charge in [0, 0.05) is 13.0 Å². The van der Waals surface area contributed by atoms with Crippen LogP contribution in [0.4, 0.5) is 0 Å². The van der Waals surface area contributed by atoms with Gasteiger partial charge in [0.05, 0.1) is 34.4 Å². The van der Waals surface area contributed by atoms with E-state index in [1.807, 2.05) is 21.1 Å². The molecule has 0 aliphatic heterocycles. The maximum atomic E-state index is 12.2. The summed E-state index contributed by atoms with van der Waals surface area (Å²) in [7, 11) is 1.36. The molecule has 252 valence electrons. The summed E-state index contributed by atoms with van der Waals surface area (Å²) in [5, 5.41) is 0. The summed E-state index contributed by atoms with van der Waals surface area (Å²) in [5.41, 5.74) is 0. The quantitative estimate of drug-likeness (QED) is 0.0322. The van der Waals surface area contributed by atoms with Gasteiger partial charge in [-0.3, -0.25) is 9.36 Å². The maximum Gasteiger partial charge on any atom is 0.306 e. The highest BCUT2D eigenvalue weighted by Crippen LogP contribution is 2.38. The van der Waals surface area contributed by atoms with Gasteiger partial charge in [-0.1, -0.05) is 129 Å². The Bertz CT molecular complexity index is 657. The largest absolute Gasteiger partial charge is 0.756 e. The van der Waals surface area contributed by atoms with Gasteiger partial charge < -0.3 is 27.9 Å². The third kappa shape index (κ3) is 30.9. The van der Waals surface area contributed by atoms with E-state index in [9.17, 15) is 14.3 Å². The number of esters is 1. The fourth-order valence-electron chi connectivity index (χ4n) is 4.66. The first-order chi connectivity index (χ1) is 20.1. The lowest BCUT2D eigenvalue weighted by Gasteiger charge is -2.28. The van der Waals surface area contributed by atoms with Crippen molar-refractivity contribution in [3.63, 3.8) is 0 Å². The molecule has 0 rings (SSSR count). The van der Waals surface area contributed by atoms with Crippen LogP contribution in [0.5, 0.6) is 0 Å². The van der Waals surface area contributed by atoms with E-state index in [4.69, 9.17) is 18.5 Å². The Morgan fingerprint density at radius 2 is 1.10 bits per heavy atom. The number of phosphoric ester groups is 1. The minimum absolute atomic E-state index is 0.0293. The van der Waals surface area contributed by atoms with Crippen molar-refractivity contribution in [1.29, 1.82) is 0 Å². The molecule has 0 saturated heterocycles. The van der Waals surface area contributed by atoms with Gasteiger partial charge in [-0.15, -0.1) is 0 Å². The third-order valence-corrected chi connectivity index (χ3v) is 8.37. The molecule has 0 saturated carbocycles. The summed E-state index contributed by atoms with van der Waals surface area (Å²) in [6, 6.07) is 0. The van der Waals surface area contributed by atoms with Gasteiger partial charge in [0.15, 0.2) is 0 Å². The van der Waals surface area contributed by atoms with Crippen LogP contribution in [0, 0.1) is 0 Å². The van der Waals surface area contributed by atoms with Gasteiger partial charge in [-0.2, -0.15) is 0 Å². The highest BCUT2D eigenvalue weighted by atomic mass is 31.2. The van der Waals surface area contributed by atoms with E-state index in [-0.39, 0.29) is 25.8 Å². The molecule has 0 bridgehead atoms. The molecule has 0 aromatic heterocycles. The third-order valence-electron chi connectivity index (χ3n) is 7.41. The first kappa shape index (κ1) is 41.5. The number of carbonyl (C=O) groups is 1. The Kier molecular flexibility index (Phi) is 27.7. The molecular weight excluding hydrogens is 553 g/mol. The summed E-state index contributed by atoms with van der Waals surface area (Å²) >= 11 is 0. The second kappa shape index (κ2) is 28.0. The standard InChI is InChI=1S/C33H68NO7P/c1-6-8-10-11-12-13-14-15-16-17-18-19-20-21-22-23-25-28-38-30-32(41-33(35)26-24-9-7-2)31-40-42(36,37)39-29-27-34(3,4)5/h32H,6-31H2,1-5H3. The number of ether oxygens (including phenoxy) is 2. The smallest absolute Gasteiger partial charge is 0.306 e. The van der Waals surface area contributed by atoms with Crippen LogP contribution in [0.15, 0.2) is 0 Å². The summed E-state index contributed by atoms with van der Waals surface area (Å²) in [4.78, 5) is 24.4. The topological polar surface area (TPSA) is 94.1 Å². The lowest BCUT2D eigenvalue weighted by molar-refractivity contribution is -0.870. The first-order valence-corrected chi connectivity index (χ1v) is 18.7. The number of phosphoric acid groups is 1. The fourth-order valence-corrected chi connectivity index (χ4v) is 5.39. The van der Waals surface area contributed by atoms with E-state index >= 15 is 0 Å². The number of carbonyl (C=O) groups excluding carboxylic acids is 1. The van der Waals surface area contributed by atoms with Crippen LogP contribution in [-0.2, 0) is 27.9 Å². The highest BCUT2D eigenvalue weighted by molar-refractivity contribution is 7.45. The lowest BCUT2D eigenvalue weighted by atomic mass is 10.0. The van der Waals surface area contributed by atoms with Crippen molar-refractivity contribution in [2.24, 2.45) is 0 Å². The van der Waals surface area contributed by atoms with Crippen LogP contribution in [0.3, 0.4) is 0 Å². The number of hydrogen-bond acceptors (Lipinski definition) is 7. The van der Waals surface area contributed by atoms with E-state index < -0.39 is 13.9 Å². The second-order valence-corrected chi connectivity index (χ2v) is 14.3. The molecule has 2 atom stereocenters. The molecule has 0 N–H and O–H groups in total. The first-order valence-electron chi connectivity index (χ1n) is 17.3. The van der Waals surface area contributed by atoms with Crippen LogP contribution in [0.2, 0.25) is 0 Å². The van der Waals surface area contributed by atoms with Gasteiger partial charge in [0.25, 0.3) is 7.82 Å². The van der Waals surface area contributed by atoms with Crippen molar-refractivity contribution < 1.29 is 37.3 Å². The molecular formula is C33H68NO7P. The normalized spacial score (nSPS) is 14.1.